The monoisotopic (exact) mass is 364 g/mol. The highest BCUT2D eigenvalue weighted by Gasteiger charge is 2.28. The molecule has 1 amide bonds. The molecule has 1 atom stereocenters. The first-order valence-electron chi connectivity index (χ1n) is 6.94. The predicted molar refractivity (Wildman–Crippen MR) is 89.4 cm³/mol. The third kappa shape index (κ3) is 3.20. The Kier molecular flexibility index (Phi) is 4.42. The zero-order valence-electron chi connectivity index (χ0n) is 11.8. The number of halogens is 1. The summed E-state index contributed by atoms with van der Waals surface area (Å²) in [6.07, 6.45) is 0.987. The molecular weight excluding hydrogens is 348 g/mol. The summed E-state index contributed by atoms with van der Waals surface area (Å²) in [6, 6.07) is 10.1. The molecule has 110 valence electrons. The zero-order valence-corrected chi connectivity index (χ0v) is 14.2. The number of amides is 1. The zero-order chi connectivity index (χ0) is 14.8. The van der Waals surface area contributed by atoms with Gasteiger partial charge in [-0.15, -0.1) is 11.3 Å². The molecule has 1 N–H and O–H groups in total. The molecule has 0 spiro atoms. The Labute approximate surface area is 137 Å². The van der Waals surface area contributed by atoms with E-state index in [0.717, 1.165) is 27.9 Å². The summed E-state index contributed by atoms with van der Waals surface area (Å²) >= 11 is 5.11. The van der Waals surface area contributed by atoms with Gasteiger partial charge in [0, 0.05) is 20.1 Å². The van der Waals surface area contributed by atoms with Gasteiger partial charge < -0.3 is 10.2 Å². The number of benzene rings is 1. The van der Waals surface area contributed by atoms with Crippen molar-refractivity contribution in [1.82, 2.24) is 10.2 Å². The van der Waals surface area contributed by atoms with E-state index in [2.05, 4.69) is 44.8 Å². The number of thiophene rings is 1. The highest BCUT2D eigenvalue weighted by molar-refractivity contribution is 9.11. The van der Waals surface area contributed by atoms with Crippen LogP contribution in [0.5, 0.6) is 0 Å². The second-order valence-corrected chi connectivity index (χ2v) is 7.58. The van der Waals surface area contributed by atoms with E-state index in [-0.39, 0.29) is 11.9 Å². The van der Waals surface area contributed by atoms with Crippen LogP contribution >= 0.6 is 27.3 Å². The summed E-state index contributed by atoms with van der Waals surface area (Å²) in [6.45, 7) is 1.49. The molecule has 0 radical (unpaired) electrons. The molecule has 0 saturated carbocycles. The number of rotatable bonds is 3. The van der Waals surface area contributed by atoms with Crippen molar-refractivity contribution in [2.24, 2.45) is 0 Å². The molecule has 2 heterocycles. The molecule has 0 saturated heterocycles. The fourth-order valence-corrected chi connectivity index (χ4v) is 3.93. The van der Waals surface area contributed by atoms with Crippen LogP contribution in [0.3, 0.4) is 0 Å². The van der Waals surface area contributed by atoms with Gasteiger partial charge in [-0.1, -0.05) is 24.3 Å². The number of carbonyl (C=O) groups is 1. The van der Waals surface area contributed by atoms with Crippen molar-refractivity contribution < 1.29 is 4.79 Å². The van der Waals surface area contributed by atoms with E-state index in [0.29, 0.717) is 6.54 Å². The van der Waals surface area contributed by atoms with Crippen molar-refractivity contribution in [3.63, 3.8) is 0 Å². The number of fused-ring (bicyclic) bond motifs is 1. The van der Waals surface area contributed by atoms with E-state index in [1.165, 1.54) is 5.56 Å². The second-order valence-electron chi connectivity index (χ2n) is 5.29. The minimum absolute atomic E-state index is 0.129. The fourth-order valence-electron chi connectivity index (χ4n) is 2.73. The highest BCUT2D eigenvalue weighted by atomic mass is 79.9. The van der Waals surface area contributed by atoms with Gasteiger partial charge in [-0.25, -0.2) is 0 Å². The van der Waals surface area contributed by atoms with Gasteiger partial charge in [0.1, 0.15) is 6.04 Å². The summed E-state index contributed by atoms with van der Waals surface area (Å²) in [7, 11) is 1.87. The van der Waals surface area contributed by atoms with Crippen molar-refractivity contribution in [2.75, 3.05) is 13.6 Å². The van der Waals surface area contributed by atoms with Crippen molar-refractivity contribution in [3.8, 4) is 0 Å². The molecule has 0 fully saturated rings. The molecule has 21 heavy (non-hydrogen) atoms. The maximum absolute atomic E-state index is 12.7. The molecule has 2 aromatic rings. The topological polar surface area (TPSA) is 32.3 Å². The van der Waals surface area contributed by atoms with Crippen molar-refractivity contribution in [3.05, 3.63) is 56.2 Å². The van der Waals surface area contributed by atoms with Crippen LogP contribution in [-0.4, -0.2) is 24.4 Å². The Morgan fingerprint density at radius 1 is 1.48 bits per heavy atom. The second kappa shape index (κ2) is 6.30. The summed E-state index contributed by atoms with van der Waals surface area (Å²) in [5, 5.41) is 5.43. The van der Waals surface area contributed by atoms with Gasteiger partial charge in [-0.3, -0.25) is 4.79 Å². The number of hydrogen-bond donors (Lipinski definition) is 1. The van der Waals surface area contributed by atoms with E-state index >= 15 is 0 Å². The quantitative estimate of drug-likeness (QED) is 0.905. The van der Waals surface area contributed by atoms with E-state index in [4.69, 9.17) is 0 Å². The number of carbonyl (C=O) groups excluding carboxylic acids is 1. The smallest absolute Gasteiger partial charge is 0.244 e. The van der Waals surface area contributed by atoms with E-state index in [9.17, 15) is 4.79 Å². The first kappa shape index (κ1) is 14.8. The van der Waals surface area contributed by atoms with Gasteiger partial charge in [-0.05, 0) is 50.5 Å². The first-order chi connectivity index (χ1) is 10.1. The number of nitrogens with one attached hydrogen (secondary N) is 1. The Bertz CT molecular complexity index is 655. The molecule has 3 nitrogen and oxygen atoms in total. The van der Waals surface area contributed by atoms with Gasteiger partial charge in [0.25, 0.3) is 0 Å². The fraction of sp³-hybridized carbons (Fsp3) is 0.312. The summed E-state index contributed by atoms with van der Waals surface area (Å²) < 4.78 is 1.10. The Hall–Kier alpha value is -1.17. The number of nitrogens with zero attached hydrogens (tertiary/aromatic N) is 1. The normalized spacial score (nSPS) is 17.3. The van der Waals surface area contributed by atoms with E-state index in [1.54, 1.807) is 16.2 Å². The first-order valence-corrected chi connectivity index (χ1v) is 8.61. The third-order valence-electron chi connectivity index (χ3n) is 3.77. The average Bonchev–Trinajstić information content (AvgIpc) is 2.91. The van der Waals surface area contributed by atoms with Crippen LogP contribution in [0, 0.1) is 0 Å². The SMILES string of the molecule is CN(Cc1csc(Br)c1)C(=O)C1NCCc2ccccc21. The summed E-state index contributed by atoms with van der Waals surface area (Å²) in [5.41, 5.74) is 3.56. The van der Waals surface area contributed by atoms with Gasteiger partial charge >= 0.3 is 0 Å². The predicted octanol–water partition coefficient (Wildman–Crippen LogP) is 3.36. The van der Waals surface area contributed by atoms with Crippen LogP contribution in [0.4, 0.5) is 0 Å². The standard InChI is InChI=1S/C16H17BrN2OS/c1-19(9-11-8-14(17)21-10-11)16(20)15-13-5-3-2-4-12(13)6-7-18-15/h2-5,8,10,15,18H,6-7,9H2,1H3. The molecule has 0 aliphatic carbocycles. The van der Waals surface area contributed by atoms with Crippen molar-refractivity contribution in [1.29, 1.82) is 0 Å². The van der Waals surface area contributed by atoms with Gasteiger partial charge in [0.05, 0.1) is 3.79 Å². The molecule has 1 unspecified atom stereocenters. The minimum Gasteiger partial charge on any atom is -0.340 e. The Balaban J connectivity index is 1.76. The molecule has 1 aromatic heterocycles. The summed E-state index contributed by atoms with van der Waals surface area (Å²) in [4.78, 5) is 14.5. The van der Waals surface area contributed by atoms with E-state index in [1.807, 2.05) is 19.2 Å². The lowest BCUT2D eigenvalue weighted by atomic mass is 9.93. The number of likely N-dealkylation sites (N-methyl/N-ethyl adjacent to an activating group) is 1. The molecule has 3 rings (SSSR count). The van der Waals surface area contributed by atoms with Crippen LogP contribution < -0.4 is 5.32 Å². The maximum atomic E-state index is 12.7. The molecule has 0 bridgehead atoms. The van der Waals surface area contributed by atoms with Crippen molar-refractivity contribution in [2.45, 2.75) is 19.0 Å². The largest absolute Gasteiger partial charge is 0.340 e. The van der Waals surface area contributed by atoms with Crippen LogP contribution in [0.1, 0.15) is 22.7 Å². The van der Waals surface area contributed by atoms with Gasteiger partial charge in [-0.2, -0.15) is 0 Å². The van der Waals surface area contributed by atoms with Crippen LogP contribution in [-0.2, 0) is 17.8 Å². The molecule has 1 aliphatic rings. The van der Waals surface area contributed by atoms with E-state index < -0.39 is 0 Å². The van der Waals surface area contributed by atoms with Gasteiger partial charge in [0.2, 0.25) is 5.91 Å². The molecule has 1 aromatic carbocycles. The Morgan fingerprint density at radius 3 is 3.05 bits per heavy atom. The Morgan fingerprint density at radius 2 is 2.29 bits per heavy atom. The van der Waals surface area contributed by atoms with Crippen LogP contribution in [0.15, 0.2) is 39.5 Å². The maximum Gasteiger partial charge on any atom is 0.244 e. The lowest BCUT2D eigenvalue weighted by molar-refractivity contribution is -0.133. The minimum atomic E-state index is -0.220. The number of hydrogen-bond acceptors (Lipinski definition) is 3. The van der Waals surface area contributed by atoms with Crippen LogP contribution in [0.25, 0.3) is 0 Å². The molecule has 5 heteroatoms. The summed E-state index contributed by atoms with van der Waals surface area (Å²) in [5.74, 6) is 0.129. The average molecular weight is 365 g/mol. The highest BCUT2D eigenvalue weighted by Crippen LogP contribution is 2.26. The molecular formula is C16H17BrN2OS. The third-order valence-corrected chi connectivity index (χ3v) is 5.33. The lowest BCUT2D eigenvalue weighted by Gasteiger charge is -2.29. The van der Waals surface area contributed by atoms with Crippen molar-refractivity contribution >= 4 is 33.2 Å². The van der Waals surface area contributed by atoms with Crippen LogP contribution in [0.2, 0.25) is 0 Å². The molecule has 1 aliphatic heterocycles. The van der Waals surface area contributed by atoms with Gasteiger partial charge in [0.15, 0.2) is 0 Å². The lowest BCUT2D eigenvalue weighted by Crippen LogP contribution is -2.41.